The molecule has 118 valence electrons. The molecule has 1 N–H and O–H groups in total. The third-order valence-corrected chi connectivity index (χ3v) is 10.1. The molecule has 3 atom stereocenters. The summed E-state index contributed by atoms with van der Waals surface area (Å²) in [6.45, 7) is 13.7. The lowest BCUT2D eigenvalue weighted by molar-refractivity contribution is -0.0532. The Hall–Kier alpha value is 0.0969. The van der Waals surface area contributed by atoms with Crippen LogP contribution >= 0.6 is 0 Å². The summed E-state index contributed by atoms with van der Waals surface area (Å²) in [5.74, 6) is 0. The van der Waals surface area contributed by atoms with E-state index < -0.39 is 8.32 Å². The Morgan fingerprint density at radius 1 is 1.05 bits per heavy atom. The van der Waals surface area contributed by atoms with Gasteiger partial charge in [0.25, 0.3) is 0 Å². The van der Waals surface area contributed by atoms with Gasteiger partial charge in [0.15, 0.2) is 8.32 Å². The average molecular weight is 300 g/mol. The third kappa shape index (κ3) is 3.46. The largest absolute Gasteiger partial charge is 0.411 e. The SMILES string of the molecule is CC(C)(C)[Si](C)(C)OC1CCC[C@@H](N2CCCC2)[C@@H]1O. The van der Waals surface area contributed by atoms with Crippen molar-refractivity contribution < 1.29 is 9.53 Å². The summed E-state index contributed by atoms with van der Waals surface area (Å²) < 4.78 is 6.51. The van der Waals surface area contributed by atoms with Gasteiger partial charge in [0, 0.05) is 6.04 Å². The smallest absolute Gasteiger partial charge is 0.192 e. The topological polar surface area (TPSA) is 32.7 Å². The molecule has 1 unspecified atom stereocenters. The lowest BCUT2D eigenvalue weighted by Gasteiger charge is -2.45. The summed E-state index contributed by atoms with van der Waals surface area (Å²) in [5, 5.41) is 11.0. The summed E-state index contributed by atoms with van der Waals surface area (Å²) in [6, 6.07) is 0.334. The average Bonchev–Trinajstić information content (AvgIpc) is 2.83. The van der Waals surface area contributed by atoms with E-state index in [-0.39, 0.29) is 17.2 Å². The molecule has 2 rings (SSSR count). The standard InChI is InChI=1S/C16H33NO2Si/c1-16(2,3)20(4,5)19-14-10-8-9-13(15(14)18)17-11-6-7-12-17/h13-15,18H,6-12H2,1-5H3/t13-,14?,15+/m1/s1. The number of hydrogen-bond donors (Lipinski definition) is 1. The highest BCUT2D eigenvalue weighted by Gasteiger charge is 2.44. The summed E-state index contributed by atoms with van der Waals surface area (Å²) in [4.78, 5) is 2.49. The van der Waals surface area contributed by atoms with Gasteiger partial charge in [-0.25, -0.2) is 0 Å². The van der Waals surface area contributed by atoms with Gasteiger partial charge in [0.2, 0.25) is 0 Å². The van der Waals surface area contributed by atoms with Crippen LogP contribution < -0.4 is 0 Å². The molecule has 1 aliphatic carbocycles. The molecule has 0 spiro atoms. The second kappa shape index (κ2) is 6.07. The van der Waals surface area contributed by atoms with E-state index in [2.05, 4.69) is 38.8 Å². The molecule has 1 aliphatic heterocycles. The fraction of sp³-hybridized carbons (Fsp3) is 1.00. The molecule has 1 heterocycles. The highest BCUT2D eigenvalue weighted by molar-refractivity contribution is 6.74. The van der Waals surface area contributed by atoms with Gasteiger partial charge >= 0.3 is 0 Å². The summed E-state index contributed by atoms with van der Waals surface area (Å²) >= 11 is 0. The quantitative estimate of drug-likeness (QED) is 0.811. The van der Waals surface area contributed by atoms with Crippen molar-refractivity contribution in [3.05, 3.63) is 0 Å². The molecule has 2 aliphatic rings. The molecule has 20 heavy (non-hydrogen) atoms. The summed E-state index contributed by atoms with van der Waals surface area (Å²) in [5.41, 5.74) is 0. The van der Waals surface area contributed by atoms with Crippen LogP contribution in [-0.4, -0.2) is 49.7 Å². The van der Waals surface area contributed by atoms with E-state index >= 15 is 0 Å². The van der Waals surface area contributed by atoms with E-state index in [0.29, 0.717) is 6.04 Å². The van der Waals surface area contributed by atoms with Crippen molar-refractivity contribution in [3.63, 3.8) is 0 Å². The van der Waals surface area contributed by atoms with Crippen LogP contribution in [0.5, 0.6) is 0 Å². The van der Waals surface area contributed by atoms with Gasteiger partial charge in [-0.2, -0.15) is 0 Å². The molecule has 0 aromatic rings. The Balaban J connectivity index is 2.01. The van der Waals surface area contributed by atoms with Crippen LogP contribution in [0.3, 0.4) is 0 Å². The Kier molecular flexibility index (Phi) is 5.00. The minimum absolute atomic E-state index is 0.0511. The van der Waals surface area contributed by atoms with Gasteiger partial charge in [-0.1, -0.05) is 20.8 Å². The van der Waals surface area contributed by atoms with Crippen molar-refractivity contribution >= 4 is 8.32 Å². The molecule has 2 fully saturated rings. The van der Waals surface area contributed by atoms with Crippen LogP contribution in [0.2, 0.25) is 18.1 Å². The molecule has 0 aromatic carbocycles. The Morgan fingerprint density at radius 3 is 2.20 bits per heavy atom. The van der Waals surface area contributed by atoms with Crippen molar-refractivity contribution in [2.24, 2.45) is 0 Å². The fourth-order valence-electron chi connectivity index (χ4n) is 3.27. The third-order valence-electron chi connectivity index (χ3n) is 5.63. The Morgan fingerprint density at radius 2 is 1.65 bits per heavy atom. The highest BCUT2D eigenvalue weighted by Crippen LogP contribution is 2.39. The molecule has 0 radical (unpaired) electrons. The highest BCUT2D eigenvalue weighted by atomic mass is 28.4. The van der Waals surface area contributed by atoms with Crippen LogP contribution in [0.4, 0.5) is 0 Å². The molecule has 1 saturated heterocycles. The first-order valence-corrected chi connectivity index (χ1v) is 11.2. The molecular weight excluding hydrogens is 266 g/mol. The van der Waals surface area contributed by atoms with Gasteiger partial charge < -0.3 is 9.53 Å². The molecule has 0 amide bonds. The predicted octanol–water partition coefficient (Wildman–Crippen LogP) is 3.39. The molecule has 4 heteroatoms. The number of rotatable bonds is 3. The minimum atomic E-state index is -1.78. The normalized spacial score (nSPS) is 33.6. The predicted molar refractivity (Wildman–Crippen MR) is 86.5 cm³/mol. The lowest BCUT2D eigenvalue weighted by atomic mass is 9.89. The zero-order chi connectivity index (χ0) is 15.0. The monoisotopic (exact) mass is 299 g/mol. The first kappa shape index (κ1) is 16.5. The van der Waals surface area contributed by atoms with Gasteiger partial charge in [-0.05, 0) is 63.3 Å². The zero-order valence-corrected chi connectivity index (χ0v) is 15.0. The first-order chi connectivity index (χ1) is 9.22. The number of hydrogen-bond acceptors (Lipinski definition) is 3. The number of aliphatic hydroxyl groups is 1. The number of nitrogens with zero attached hydrogens (tertiary/aromatic N) is 1. The maximum Gasteiger partial charge on any atom is 0.192 e. The van der Waals surface area contributed by atoms with Crippen molar-refractivity contribution in [2.45, 2.75) is 89.3 Å². The summed E-state index contributed by atoms with van der Waals surface area (Å²) in [7, 11) is -1.78. The molecule has 1 saturated carbocycles. The molecule has 0 bridgehead atoms. The van der Waals surface area contributed by atoms with E-state index in [4.69, 9.17) is 4.43 Å². The van der Waals surface area contributed by atoms with Gasteiger partial charge in [0.1, 0.15) is 0 Å². The van der Waals surface area contributed by atoms with Gasteiger partial charge in [-0.3, -0.25) is 4.90 Å². The Labute approximate surface area is 125 Å². The van der Waals surface area contributed by atoms with Crippen LogP contribution in [0.1, 0.15) is 52.9 Å². The first-order valence-electron chi connectivity index (χ1n) is 8.32. The van der Waals surface area contributed by atoms with Crippen molar-refractivity contribution in [1.29, 1.82) is 0 Å². The molecule has 3 nitrogen and oxygen atoms in total. The van der Waals surface area contributed by atoms with Crippen molar-refractivity contribution in [2.75, 3.05) is 13.1 Å². The van der Waals surface area contributed by atoms with Gasteiger partial charge in [-0.15, -0.1) is 0 Å². The number of aliphatic hydroxyl groups excluding tert-OH is 1. The molecule has 0 aromatic heterocycles. The van der Waals surface area contributed by atoms with E-state index in [9.17, 15) is 5.11 Å². The van der Waals surface area contributed by atoms with Crippen LogP contribution in [-0.2, 0) is 4.43 Å². The van der Waals surface area contributed by atoms with E-state index in [0.717, 1.165) is 25.9 Å². The van der Waals surface area contributed by atoms with Crippen molar-refractivity contribution in [1.82, 2.24) is 4.90 Å². The second-order valence-electron chi connectivity index (χ2n) is 8.15. The lowest BCUT2D eigenvalue weighted by Crippen LogP contribution is -2.55. The maximum atomic E-state index is 10.8. The second-order valence-corrected chi connectivity index (χ2v) is 12.9. The van der Waals surface area contributed by atoms with Crippen LogP contribution in [0.15, 0.2) is 0 Å². The minimum Gasteiger partial charge on any atom is -0.411 e. The van der Waals surface area contributed by atoms with Crippen LogP contribution in [0.25, 0.3) is 0 Å². The van der Waals surface area contributed by atoms with Crippen LogP contribution in [0, 0.1) is 0 Å². The van der Waals surface area contributed by atoms with E-state index in [1.807, 2.05) is 0 Å². The van der Waals surface area contributed by atoms with E-state index in [1.54, 1.807) is 0 Å². The van der Waals surface area contributed by atoms with Gasteiger partial charge in [0.05, 0.1) is 12.2 Å². The van der Waals surface area contributed by atoms with Crippen molar-refractivity contribution in [3.8, 4) is 0 Å². The Bertz CT molecular complexity index is 321. The fourth-order valence-corrected chi connectivity index (χ4v) is 4.64. The molecular formula is C16H33NO2Si. The summed E-state index contributed by atoms with van der Waals surface area (Å²) in [6.07, 6.45) is 5.69. The van der Waals surface area contributed by atoms with E-state index in [1.165, 1.54) is 19.3 Å². The zero-order valence-electron chi connectivity index (χ0n) is 14.0. The number of likely N-dealkylation sites (tertiary alicyclic amines) is 1. The maximum absolute atomic E-state index is 10.8.